The van der Waals surface area contributed by atoms with Gasteiger partial charge in [-0.05, 0) is 87.1 Å². The zero-order chi connectivity index (χ0) is 19.7. The van der Waals surface area contributed by atoms with Crippen molar-refractivity contribution in [1.82, 2.24) is 0 Å². The van der Waals surface area contributed by atoms with Crippen LogP contribution in [0.2, 0.25) is 0 Å². The molecule has 0 saturated carbocycles. The zero-order valence-electron chi connectivity index (χ0n) is 14.4. The molecule has 1 N–H and O–H groups in total. The average molecular weight is 593 g/mol. The number of rotatable bonds is 3. The van der Waals surface area contributed by atoms with Crippen molar-refractivity contribution in [3.63, 3.8) is 0 Å². The van der Waals surface area contributed by atoms with Crippen LogP contribution in [-0.4, -0.2) is 11.3 Å². The van der Waals surface area contributed by atoms with Crippen LogP contribution in [0.4, 0.5) is 5.69 Å². The van der Waals surface area contributed by atoms with Crippen molar-refractivity contribution in [2.75, 3.05) is 0 Å². The fraction of sp³-hybridized carbons (Fsp3) is 0. The first-order valence-corrected chi connectivity index (χ1v) is 10.5. The van der Waals surface area contributed by atoms with Gasteiger partial charge in [-0.2, -0.15) is 0 Å². The number of aliphatic imine (C=N–C) groups is 1. The standard InChI is InChI=1S/C22H13I2NO3/c23-16-8-15(21(26)19(24)11-16)12-25-17-6-3-5-13(9-17)18-10-14-4-1-2-7-20(14)28-22(18)27/h1-12,26H. The molecule has 0 atom stereocenters. The highest BCUT2D eigenvalue weighted by atomic mass is 127. The van der Waals surface area contributed by atoms with E-state index in [0.717, 1.165) is 18.1 Å². The smallest absolute Gasteiger partial charge is 0.344 e. The molecule has 1 aromatic heterocycles. The maximum absolute atomic E-state index is 12.4. The van der Waals surface area contributed by atoms with Crippen LogP contribution in [0, 0.1) is 7.14 Å². The van der Waals surface area contributed by atoms with Crippen molar-refractivity contribution in [1.29, 1.82) is 0 Å². The van der Waals surface area contributed by atoms with Gasteiger partial charge >= 0.3 is 5.63 Å². The molecule has 28 heavy (non-hydrogen) atoms. The number of aromatic hydroxyl groups is 1. The third-order valence-electron chi connectivity index (χ3n) is 4.21. The number of halogens is 2. The van der Waals surface area contributed by atoms with Crippen LogP contribution in [0.25, 0.3) is 22.1 Å². The monoisotopic (exact) mass is 593 g/mol. The highest BCUT2D eigenvalue weighted by molar-refractivity contribution is 14.1. The second-order valence-corrected chi connectivity index (χ2v) is 8.53. The highest BCUT2D eigenvalue weighted by Gasteiger charge is 2.09. The molecule has 4 aromatic rings. The van der Waals surface area contributed by atoms with Gasteiger partial charge in [0.05, 0.1) is 14.8 Å². The van der Waals surface area contributed by atoms with Crippen LogP contribution in [0.15, 0.2) is 80.9 Å². The van der Waals surface area contributed by atoms with Gasteiger partial charge in [0.15, 0.2) is 0 Å². The van der Waals surface area contributed by atoms with Gasteiger partial charge in [0, 0.05) is 20.7 Å². The Morgan fingerprint density at radius 3 is 2.64 bits per heavy atom. The van der Waals surface area contributed by atoms with Gasteiger partial charge in [0.25, 0.3) is 0 Å². The Labute approximate surface area is 188 Å². The summed E-state index contributed by atoms with van der Waals surface area (Å²) >= 11 is 4.29. The topological polar surface area (TPSA) is 62.8 Å². The molecule has 4 nitrogen and oxygen atoms in total. The van der Waals surface area contributed by atoms with E-state index in [2.05, 4.69) is 50.2 Å². The van der Waals surface area contributed by atoms with E-state index in [9.17, 15) is 9.90 Å². The third kappa shape index (κ3) is 3.97. The van der Waals surface area contributed by atoms with Gasteiger partial charge in [0.1, 0.15) is 11.3 Å². The molecule has 0 aliphatic carbocycles. The summed E-state index contributed by atoms with van der Waals surface area (Å²) in [5, 5.41) is 11.1. The van der Waals surface area contributed by atoms with E-state index in [-0.39, 0.29) is 11.4 Å². The minimum Gasteiger partial charge on any atom is -0.506 e. The van der Waals surface area contributed by atoms with Gasteiger partial charge in [-0.15, -0.1) is 0 Å². The minimum absolute atomic E-state index is 0.205. The fourth-order valence-corrected chi connectivity index (χ4v) is 4.73. The first-order chi connectivity index (χ1) is 13.5. The maximum atomic E-state index is 12.4. The quantitative estimate of drug-likeness (QED) is 0.177. The predicted octanol–water partition coefficient (Wildman–Crippen LogP) is 6.13. The maximum Gasteiger partial charge on any atom is 0.344 e. The molecule has 1 heterocycles. The molecule has 0 unspecified atom stereocenters. The molecule has 4 rings (SSSR count). The molecule has 6 heteroatoms. The minimum atomic E-state index is -0.385. The highest BCUT2D eigenvalue weighted by Crippen LogP contribution is 2.28. The Bertz CT molecular complexity index is 1280. The summed E-state index contributed by atoms with van der Waals surface area (Å²) in [6, 6.07) is 20.4. The van der Waals surface area contributed by atoms with Gasteiger partial charge in [-0.1, -0.05) is 30.3 Å². The van der Waals surface area contributed by atoms with Crippen molar-refractivity contribution in [3.8, 4) is 16.9 Å². The first-order valence-electron chi connectivity index (χ1n) is 8.37. The van der Waals surface area contributed by atoms with E-state index < -0.39 is 0 Å². The average Bonchev–Trinajstić information content (AvgIpc) is 2.69. The summed E-state index contributed by atoms with van der Waals surface area (Å²) in [7, 11) is 0. The van der Waals surface area contributed by atoms with E-state index in [1.165, 1.54) is 0 Å². The molecule has 0 aliphatic rings. The molecular formula is C22H13I2NO3. The number of para-hydroxylation sites is 1. The van der Waals surface area contributed by atoms with Crippen molar-refractivity contribution in [2.24, 2.45) is 4.99 Å². The molecule has 0 saturated heterocycles. The predicted molar refractivity (Wildman–Crippen MR) is 129 cm³/mol. The summed E-state index contributed by atoms with van der Waals surface area (Å²) in [6.07, 6.45) is 1.63. The lowest BCUT2D eigenvalue weighted by atomic mass is 10.1. The number of hydrogen-bond acceptors (Lipinski definition) is 4. The summed E-state index contributed by atoms with van der Waals surface area (Å²) in [4.78, 5) is 16.9. The van der Waals surface area contributed by atoms with Crippen LogP contribution in [0.5, 0.6) is 5.75 Å². The lowest BCUT2D eigenvalue weighted by Crippen LogP contribution is -2.02. The summed E-state index contributed by atoms with van der Waals surface area (Å²) in [5.41, 5.74) is 2.72. The largest absolute Gasteiger partial charge is 0.506 e. The Balaban J connectivity index is 1.73. The van der Waals surface area contributed by atoms with Gasteiger partial charge in [-0.3, -0.25) is 4.99 Å². The second kappa shape index (κ2) is 8.04. The molecule has 0 spiro atoms. The summed E-state index contributed by atoms with van der Waals surface area (Å²) in [5.74, 6) is 0.205. The number of nitrogens with zero attached hydrogens (tertiary/aromatic N) is 1. The van der Waals surface area contributed by atoms with Crippen LogP contribution < -0.4 is 5.63 Å². The van der Waals surface area contributed by atoms with Crippen molar-refractivity contribution < 1.29 is 9.52 Å². The number of phenols is 1. The van der Waals surface area contributed by atoms with Crippen molar-refractivity contribution >= 4 is 68.1 Å². The van der Waals surface area contributed by atoms with Crippen LogP contribution in [0.3, 0.4) is 0 Å². The third-order valence-corrected chi connectivity index (χ3v) is 5.65. The van der Waals surface area contributed by atoms with Crippen molar-refractivity contribution in [3.05, 3.63) is 89.9 Å². The molecule has 0 aliphatic heterocycles. The van der Waals surface area contributed by atoms with E-state index in [4.69, 9.17) is 4.42 Å². The Hall–Kier alpha value is -2.20. The van der Waals surface area contributed by atoms with Gasteiger partial charge in [-0.25, -0.2) is 4.79 Å². The van der Waals surface area contributed by atoms with Gasteiger partial charge < -0.3 is 9.52 Å². The van der Waals surface area contributed by atoms with E-state index in [1.807, 2.05) is 60.7 Å². The SMILES string of the molecule is O=c1oc2ccccc2cc1-c1cccc(N=Cc2cc(I)cc(I)c2O)c1. The summed E-state index contributed by atoms with van der Waals surface area (Å²) in [6.45, 7) is 0. The van der Waals surface area contributed by atoms with E-state index in [0.29, 0.717) is 22.4 Å². The van der Waals surface area contributed by atoms with Crippen molar-refractivity contribution in [2.45, 2.75) is 0 Å². The van der Waals surface area contributed by atoms with Gasteiger partial charge in [0.2, 0.25) is 0 Å². The van der Waals surface area contributed by atoms with Crippen LogP contribution in [0.1, 0.15) is 5.56 Å². The van der Waals surface area contributed by atoms with Crippen LogP contribution in [-0.2, 0) is 0 Å². The number of fused-ring (bicyclic) bond motifs is 1. The second-order valence-electron chi connectivity index (χ2n) is 6.12. The zero-order valence-corrected chi connectivity index (χ0v) is 18.7. The van der Waals surface area contributed by atoms with Crippen LogP contribution >= 0.6 is 45.2 Å². The van der Waals surface area contributed by atoms with E-state index in [1.54, 1.807) is 12.3 Å². The summed E-state index contributed by atoms with van der Waals surface area (Å²) < 4.78 is 7.22. The molecule has 0 bridgehead atoms. The first kappa shape index (κ1) is 19.1. The Morgan fingerprint density at radius 1 is 0.964 bits per heavy atom. The number of phenolic OH excluding ortho intramolecular Hbond substituents is 1. The molecule has 0 radical (unpaired) electrons. The Morgan fingerprint density at radius 2 is 1.79 bits per heavy atom. The van der Waals surface area contributed by atoms with E-state index >= 15 is 0 Å². The lowest BCUT2D eigenvalue weighted by Gasteiger charge is -2.05. The normalized spacial score (nSPS) is 11.4. The molecule has 0 fully saturated rings. The fourth-order valence-electron chi connectivity index (χ4n) is 2.85. The number of benzene rings is 3. The molecule has 3 aromatic carbocycles. The molecule has 0 amide bonds. The number of hydrogen-bond donors (Lipinski definition) is 1. The molecular weight excluding hydrogens is 580 g/mol. The Kier molecular flexibility index (Phi) is 5.49. The lowest BCUT2D eigenvalue weighted by molar-refractivity contribution is 0.470. The molecule has 138 valence electrons.